The Balaban J connectivity index is 2.01. The van der Waals surface area contributed by atoms with Crippen molar-refractivity contribution in [3.63, 3.8) is 0 Å². The topological polar surface area (TPSA) is 50.7 Å². The van der Waals surface area contributed by atoms with Gasteiger partial charge in [-0.15, -0.1) is 0 Å². The summed E-state index contributed by atoms with van der Waals surface area (Å²) in [6.45, 7) is 5.70. The SMILES string of the molecule is C=NNC1=C(CC(=O)OCC)CC2CC2C1. The van der Waals surface area contributed by atoms with Crippen LogP contribution >= 0.6 is 0 Å². The number of nitrogens with zero attached hydrogens (tertiary/aromatic N) is 1. The zero-order valence-corrected chi connectivity index (χ0v) is 9.66. The van der Waals surface area contributed by atoms with E-state index in [1.54, 1.807) is 0 Å². The molecule has 0 aromatic carbocycles. The second-order valence-electron chi connectivity index (χ2n) is 4.50. The van der Waals surface area contributed by atoms with Crippen molar-refractivity contribution < 1.29 is 9.53 Å². The monoisotopic (exact) mass is 222 g/mol. The Hall–Kier alpha value is -1.32. The van der Waals surface area contributed by atoms with Crippen molar-refractivity contribution in [2.75, 3.05) is 6.61 Å². The van der Waals surface area contributed by atoms with Crippen molar-refractivity contribution in [3.8, 4) is 0 Å². The number of allylic oxidation sites excluding steroid dienone is 1. The molecular weight excluding hydrogens is 204 g/mol. The van der Waals surface area contributed by atoms with E-state index in [-0.39, 0.29) is 5.97 Å². The first-order valence-corrected chi connectivity index (χ1v) is 5.82. The van der Waals surface area contributed by atoms with E-state index in [2.05, 4.69) is 17.2 Å². The quantitative estimate of drug-likeness (QED) is 0.438. The average molecular weight is 222 g/mol. The van der Waals surface area contributed by atoms with Crippen LogP contribution in [0, 0.1) is 11.8 Å². The summed E-state index contributed by atoms with van der Waals surface area (Å²) in [5.41, 5.74) is 5.17. The zero-order valence-electron chi connectivity index (χ0n) is 9.66. The second kappa shape index (κ2) is 4.68. The predicted molar refractivity (Wildman–Crippen MR) is 61.8 cm³/mol. The van der Waals surface area contributed by atoms with Gasteiger partial charge in [-0.1, -0.05) is 0 Å². The number of carbonyl (C=O) groups excluding carboxylic acids is 1. The summed E-state index contributed by atoms with van der Waals surface area (Å²) in [5.74, 6) is 1.45. The smallest absolute Gasteiger partial charge is 0.309 e. The molecule has 0 amide bonds. The molecule has 0 saturated heterocycles. The molecule has 2 unspecified atom stereocenters. The molecular formula is C12H18N2O2. The number of esters is 1. The van der Waals surface area contributed by atoms with Crippen molar-refractivity contribution in [1.82, 2.24) is 5.43 Å². The lowest BCUT2D eigenvalue weighted by molar-refractivity contribution is -0.142. The number of hydrogen-bond acceptors (Lipinski definition) is 4. The predicted octanol–water partition coefficient (Wildman–Crippen LogP) is 1.83. The lowest BCUT2D eigenvalue weighted by Gasteiger charge is -2.18. The van der Waals surface area contributed by atoms with Gasteiger partial charge in [0.25, 0.3) is 0 Å². The Morgan fingerprint density at radius 3 is 3.00 bits per heavy atom. The molecule has 1 fully saturated rings. The molecule has 1 saturated carbocycles. The molecule has 2 aliphatic rings. The number of fused-ring (bicyclic) bond motifs is 1. The van der Waals surface area contributed by atoms with Gasteiger partial charge in [-0.25, -0.2) is 0 Å². The molecule has 0 radical (unpaired) electrons. The molecule has 4 heteroatoms. The summed E-state index contributed by atoms with van der Waals surface area (Å²) in [4.78, 5) is 11.5. The van der Waals surface area contributed by atoms with Gasteiger partial charge >= 0.3 is 5.97 Å². The maximum atomic E-state index is 11.5. The van der Waals surface area contributed by atoms with Crippen LogP contribution in [0.5, 0.6) is 0 Å². The summed E-state index contributed by atoms with van der Waals surface area (Å²) < 4.78 is 4.97. The fourth-order valence-corrected chi connectivity index (χ4v) is 2.44. The Morgan fingerprint density at radius 1 is 1.56 bits per heavy atom. The van der Waals surface area contributed by atoms with E-state index < -0.39 is 0 Å². The van der Waals surface area contributed by atoms with E-state index in [0.29, 0.717) is 13.0 Å². The highest BCUT2D eigenvalue weighted by Crippen LogP contribution is 2.51. The van der Waals surface area contributed by atoms with Crippen LogP contribution in [0.1, 0.15) is 32.6 Å². The molecule has 0 heterocycles. The fraction of sp³-hybridized carbons (Fsp3) is 0.667. The average Bonchev–Trinajstić information content (AvgIpc) is 2.96. The minimum Gasteiger partial charge on any atom is -0.466 e. The normalized spacial score (nSPS) is 27.1. The van der Waals surface area contributed by atoms with E-state index in [1.165, 1.54) is 6.42 Å². The van der Waals surface area contributed by atoms with Gasteiger partial charge in [0, 0.05) is 12.4 Å². The van der Waals surface area contributed by atoms with E-state index >= 15 is 0 Å². The summed E-state index contributed by atoms with van der Waals surface area (Å²) >= 11 is 0. The Bertz CT molecular complexity index is 336. The molecule has 88 valence electrons. The third kappa shape index (κ3) is 2.43. The van der Waals surface area contributed by atoms with E-state index in [1.807, 2.05) is 6.92 Å². The van der Waals surface area contributed by atoms with Crippen LogP contribution in [0.15, 0.2) is 16.4 Å². The number of hydrogen-bond donors (Lipinski definition) is 1. The van der Waals surface area contributed by atoms with E-state index in [0.717, 1.165) is 35.9 Å². The van der Waals surface area contributed by atoms with Crippen molar-refractivity contribution in [2.45, 2.75) is 32.6 Å². The fourth-order valence-electron chi connectivity index (χ4n) is 2.44. The number of rotatable bonds is 5. The first-order valence-electron chi connectivity index (χ1n) is 5.82. The Labute approximate surface area is 95.7 Å². The first kappa shape index (κ1) is 11.2. The molecule has 0 aromatic rings. The van der Waals surface area contributed by atoms with Crippen LogP contribution in [-0.4, -0.2) is 19.3 Å². The van der Waals surface area contributed by atoms with Gasteiger partial charge < -0.3 is 4.74 Å². The molecule has 4 nitrogen and oxygen atoms in total. The highest BCUT2D eigenvalue weighted by molar-refractivity contribution is 5.72. The molecule has 0 aromatic heterocycles. The third-order valence-electron chi connectivity index (χ3n) is 3.35. The van der Waals surface area contributed by atoms with Crippen LogP contribution in [-0.2, 0) is 9.53 Å². The van der Waals surface area contributed by atoms with Gasteiger partial charge in [-0.3, -0.25) is 10.2 Å². The summed E-state index contributed by atoms with van der Waals surface area (Å²) in [5, 5.41) is 3.71. The lowest BCUT2D eigenvalue weighted by Crippen LogP contribution is -2.16. The van der Waals surface area contributed by atoms with Gasteiger partial charge in [-0.05, 0) is 43.6 Å². The molecule has 0 aliphatic heterocycles. The lowest BCUT2D eigenvalue weighted by atomic mass is 9.94. The standard InChI is InChI=1S/C12H18N2O2/c1-3-16-12(15)7-10-5-8-4-9(8)6-11(10)14-13-2/h8-9,14H,2-7H2,1H3. The van der Waals surface area contributed by atoms with Gasteiger partial charge in [0.1, 0.15) is 0 Å². The summed E-state index contributed by atoms with van der Waals surface area (Å²) in [6, 6.07) is 0. The van der Waals surface area contributed by atoms with Gasteiger partial charge in [-0.2, -0.15) is 5.10 Å². The third-order valence-corrected chi connectivity index (χ3v) is 3.35. The molecule has 0 spiro atoms. The molecule has 2 aliphatic carbocycles. The summed E-state index contributed by atoms with van der Waals surface area (Å²) in [7, 11) is 0. The van der Waals surface area contributed by atoms with Crippen molar-refractivity contribution in [1.29, 1.82) is 0 Å². The van der Waals surface area contributed by atoms with Gasteiger partial charge in [0.2, 0.25) is 0 Å². The van der Waals surface area contributed by atoms with Crippen LogP contribution < -0.4 is 5.43 Å². The number of ether oxygens (including phenoxy) is 1. The minimum absolute atomic E-state index is 0.139. The second-order valence-corrected chi connectivity index (χ2v) is 4.50. The number of hydrazone groups is 1. The van der Waals surface area contributed by atoms with Gasteiger partial charge in [0.15, 0.2) is 0 Å². The maximum absolute atomic E-state index is 11.5. The molecule has 1 N–H and O–H groups in total. The largest absolute Gasteiger partial charge is 0.466 e. The molecule has 16 heavy (non-hydrogen) atoms. The molecule has 2 atom stereocenters. The van der Waals surface area contributed by atoms with Crippen molar-refractivity contribution in [3.05, 3.63) is 11.3 Å². The van der Waals surface area contributed by atoms with Crippen LogP contribution in [0.2, 0.25) is 0 Å². The minimum atomic E-state index is -0.139. The highest BCUT2D eigenvalue weighted by atomic mass is 16.5. The van der Waals surface area contributed by atoms with Crippen LogP contribution in [0.25, 0.3) is 0 Å². The Morgan fingerprint density at radius 2 is 2.31 bits per heavy atom. The zero-order chi connectivity index (χ0) is 11.5. The van der Waals surface area contributed by atoms with Crippen molar-refractivity contribution >= 4 is 12.7 Å². The molecule has 2 rings (SSSR count). The molecule has 0 bridgehead atoms. The van der Waals surface area contributed by atoms with Gasteiger partial charge in [0.05, 0.1) is 13.0 Å². The maximum Gasteiger partial charge on any atom is 0.309 e. The highest BCUT2D eigenvalue weighted by Gasteiger charge is 2.42. The first-order chi connectivity index (χ1) is 7.74. The summed E-state index contributed by atoms with van der Waals surface area (Å²) in [6.07, 6.45) is 3.71. The van der Waals surface area contributed by atoms with E-state index in [9.17, 15) is 4.79 Å². The van der Waals surface area contributed by atoms with Crippen LogP contribution in [0.4, 0.5) is 0 Å². The van der Waals surface area contributed by atoms with Crippen LogP contribution in [0.3, 0.4) is 0 Å². The van der Waals surface area contributed by atoms with Crippen molar-refractivity contribution in [2.24, 2.45) is 16.9 Å². The number of nitrogens with one attached hydrogen (secondary N) is 1. The number of carbonyl (C=O) groups is 1. The Kier molecular flexibility index (Phi) is 3.27. The van der Waals surface area contributed by atoms with E-state index in [4.69, 9.17) is 4.74 Å².